The molecule has 1 atom stereocenters. The summed E-state index contributed by atoms with van der Waals surface area (Å²) in [5.74, 6) is 0.607. The Hall–Kier alpha value is -0.610. The molecule has 0 aromatic heterocycles. The van der Waals surface area contributed by atoms with Crippen molar-refractivity contribution < 1.29 is 4.74 Å². The second-order valence-corrected chi connectivity index (χ2v) is 5.31. The summed E-state index contributed by atoms with van der Waals surface area (Å²) in [5.41, 5.74) is 5.52. The average Bonchev–Trinajstić information content (AvgIpc) is 2.27. The van der Waals surface area contributed by atoms with E-state index in [1.165, 1.54) is 0 Å². The van der Waals surface area contributed by atoms with Gasteiger partial charge in [-0.15, -0.1) is 0 Å². The zero-order valence-electron chi connectivity index (χ0n) is 10.8. The van der Waals surface area contributed by atoms with Gasteiger partial charge in [-0.05, 0) is 39.7 Å². The van der Waals surface area contributed by atoms with Crippen molar-refractivity contribution in [3.8, 4) is 0 Å². The highest BCUT2D eigenvalue weighted by atomic mass is 16.5. The van der Waals surface area contributed by atoms with Crippen molar-refractivity contribution in [2.24, 2.45) is 11.7 Å². The zero-order chi connectivity index (χ0) is 12.2. The van der Waals surface area contributed by atoms with E-state index in [9.17, 15) is 0 Å². The lowest BCUT2D eigenvalue weighted by Gasteiger charge is -2.34. The number of rotatable bonds is 5. The molecule has 94 valence electrons. The second-order valence-electron chi connectivity index (χ2n) is 5.31. The second kappa shape index (κ2) is 5.64. The third-order valence-corrected chi connectivity index (χ3v) is 3.53. The first kappa shape index (κ1) is 13.5. The maximum absolute atomic E-state index is 7.50. The lowest BCUT2D eigenvalue weighted by atomic mass is 9.96. The van der Waals surface area contributed by atoms with Crippen molar-refractivity contribution in [1.29, 1.82) is 5.41 Å². The van der Waals surface area contributed by atoms with Crippen LogP contribution in [0.3, 0.4) is 0 Å². The first-order valence-electron chi connectivity index (χ1n) is 6.06. The SMILES string of the molecule is COC(C)(C)CCN1CCCC(C(=N)N)C1. The van der Waals surface area contributed by atoms with E-state index in [2.05, 4.69) is 18.7 Å². The molecule has 4 heteroatoms. The van der Waals surface area contributed by atoms with E-state index in [4.69, 9.17) is 15.9 Å². The molecule has 0 saturated carbocycles. The van der Waals surface area contributed by atoms with Crippen molar-refractivity contribution in [1.82, 2.24) is 4.90 Å². The Labute approximate surface area is 98.6 Å². The predicted molar refractivity (Wildman–Crippen MR) is 66.8 cm³/mol. The van der Waals surface area contributed by atoms with Crippen LogP contribution in [0.15, 0.2) is 0 Å². The maximum atomic E-state index is 7.50. The summed E-state index contributed by atoms with van der Waals surface area (Å²) < 4.78 is 5.41. The molecule has 1 heterocycles. The molecule has 1 saturated heterocycles. The number of hydrogen-bond donors (Lipinski definition) is 2. The molecule has 0 aliphatic carbocycles. The highest BCUT2D eigenvalue weighted by Crippen LogP contribution is 2.19. The molecular weight excluding hydrogens is 202 g/mol. The predicted octanol–water partition coefficient (Wildman–Crippen LogP) is 1.45. The number of piperidine rings is 1. The third-order valence-electron chi connectivity index (χ3n) is 3.53. The van der Waals surface area contributed by atoms with Crippen molar-refractivity contribution in [3.63, 3.8) is 0 Å². The average molecular weight is 227 g/mol. The van der Waals surface area contributed by atoms with Gasteiger partial charge in [0.2, 0.25) is 0 Å². The summed E-state index contributed by atoms with van der Waals surface area (Å²) in [4.78, 5) is 2.40. The Morgan fingerprint density at radius 3 is 2.81 bits per heavy atom. The number of nitrogens with zero attached hydrogens (tertiary/aromatic N) is 1. The van der Waals surface area contributed by atoms with Crippen molar-refractivity contribution >= 4 is 5.84 Å². The van der Waals surface area contributed by atoms with Gasteiger partial charge in [-0.1, -0.05) is 0 Å². The van der Waals surface area contributed by atoms with E-state index < -0.39 is 0 Å². The Morgan fingerprint density at radius 2 is 2.25 bits per heavy atom. The molecule has 0 amide bonds. The van der Waals surface area contributed by atoms with Crippen LogP contribution in [-0.2, 0) is 4.74 Å². The summed E-state index contributed by atoms with van der Waals surface area (Å²) in [7, 11) is 1.76. The van der Waals surface area contributed by atoms with Crippen LogP contribution in [-0.4, -0.2) is 43.1 Å². The molecule has 0 spiro atoms. The first-order chi connectivity index (χ1) is 7.44. The molecule has 4 nitrogen and oxygen atoms in total. The number of amidine groups is 1. The summed E-state index contributed by atoms with van der Waals surface area (Å²) in [6, 6.07) is 0. The van der Waals surface area contributed by atoms with E-state index in [0.717, 1.165) is 38.9 Å². The van der Waals surface area contributed by atoms with Crippen LogP contribution in [0.5, 0.6) is 0 Å². The van der Waals surface area contributed by atoms with Gasteiger partial charge < -0.3 is 15.4 Å². The van der Waals surface area contributed by atoms with E-state index in [1.807, 2.05) is 0 Å². The number of methoxy groups -OCH3 is 1. The third kappa shape index (κ3) is 4.10. The van der Waals surface area contributed by atoms with Crippen LogP contribution in [0.2, 0.25) is 0 Å². The molecule has 0 radical (unpaired) electrons. The van der Waals surface area contributed by atoms with Gasteiger partial charge in [0.15, 0.2) is 0 Å². The number of likely N-dealkylation sites (tertiary alicyclic amines) is 1. The molecule has 1 aliphatic rings. The smallest absolute Gasteiger partial charge is 0.0949 e. The molecule has 16 heavy (non-hydrogen) atoms. The van der Waals surface area contributed by atoms with Gasteiger partial charge in [0.05, 0.1) is 11.4 Å². The van der Waals surface area contributed by atoms with Gasteiger partial charge >= 0.3 is 0 Å². The van der Waals surface area contributed by atoms with Gasteiger partial charge in [0.25, 0.3) is 0 Å². The normalized spacial score (nSPS) is 23.3. The van der Waals surface area contributed by atoms with Crippen molar-refractivity contribution in [2.45, 2.75) is 38.7 Å². The summed E-state index contributed by atoms with van der Waals surface area (Å²) >= 11 is 0. The molecular formula is C12H25N3O. The van der Waals surface area contributed by atoms with Crippen LogP contribution in [0.4, 0.5) is 0 Å². The fraction of sp³-hybridized carbons (Fsp3) is 0.917. The quantitative estimate of drug-likeness (QED) is 0.552. The Balaban J connectivity index is 2.35. The van der Waals surface area contributed by atoms with Crippen molar-refractivity contribution in [3.05, 3.63) is 0 Å². The van der Waals surface area contributed by atoms with E-state index in [-0.39, 0.29) is 11.5 Å². The largest absolute Gasteiger partial charge is 0.387 e. The topological polar surface area (TPSA) is 62.3 Å². The monoisotopic (exact) mass is 227 g/mol. The minimum absolute atomic E-state index is 0.0524. The van der Waals surface area contributed by atoms with Crippen LogP contribution < -0.4 is 5.73 Å². The molecule has 1 rings (SSSR count). The standard InChI is InChI=1S/C12H25N3O/c1-12(2,16-3)6-8-15-7-4-5-10(9-15)11(13)14/h10H,4-9H2,1-3H3,(H3,13,14). The van der Waals surface area contributed by atoms with E-state index in [0.29, 0.717) is 5.84 Å². The molecule has 0 aromatic carbocycles. The number of nitrogens with one attached hydrogen (secondary N) is 1. The molecule has 0 aromatic rings. The minimum Gasteiger partial charge on any atom is -0.387 e. The fourth-order valence-electron chi connectivity index (χ4n) is 2.04. The van der Waals surface area contributed by atoms with Crippen LogP contribution >= 0.6 is 0 Å². The summed E-state index contributed by atoms with van der Waals surface area (Å²) in [6.07, 6.45) is 3.24. The zero-order valence-corrected chi connectivity index (χ0v) is 10.8. The highest BCUT2D eigenvalue weighted by molar-refractivity contribution is 5.79. The number of nitrogens with two attached hydrogens (primary N) is 1. The van der Waals surface area contributed by atoms with Crippen LogP contribution in [0, 0.1) is 11.3 Å². The van der Waals surface area contributed by atoms with Crippen LogP contribution in [0.25, 0.3) is 0 Å². The van der Waals surface area contributed by atoms with E-state index in [1.54, 1.807) is 7.11 Å². The molecule has 1 unspecified atom stereocenters. The van der Waals surface area contributed by atoms with Crippen LogP contribution in [0.1, 0.15) is 33.1 Å². The summed E-state index contributed by atoms with van der Waals surface area (Å²) in [6.45, 7) is 7.32. The molecule has 3 N–H and O–H groups in total. The van der Waals surface area contributed by atoms with Gasteiger partial charge in [0.1, 0.15) is 0 Å². The number of hydrogen-bond acceptors (Lipinski definition) is 3. The van der Waals surface area contributed by atoms with Gasteiger partial charge in [-0.25, -0.2) is 0 Å². The van der Waals surface area contributed by atoms with E-state index >= 15 is 0 Å². The molecule has 1 fully saturated rings. The lowest BCUT2D eigenvalue weighted by molar-refractivity contribution is 0.00525. The number of ether oxygens (including phenoxy) is 1. The van der Waals surface area contributed by atoms with Gasteiger partial charge in [0, 0.05) is 26.1 Å². The Kier molecular flexibility index (Phi) is 4.74. The lowest BCUT2D eigenvalue weighted by Crippen LogP contribution is -2.42. The fourth-order valence-corrected chi connectivity index (χ4v) is 2.04. The highest BCUT2D eigenvalue weighted by Gasteiger charge is 2.24. The molecule has 1 aliphatic heterocycles. The Morgan fingerprint density at radius 1 is 1.56 bits per heavy atom. The van der Waals surface area contributed by atoms with Gasteiger partial charge in [-0.3, -0.25) is 5.41 Å². The summed E-state index contributed by atoms with van der Waals surface area (Å²) in [5, 5.41) is 7.50. The maximum Gasteiger partial charge on any atom is 0.0949 e. The van der Waals surface area contributed by atoms with Crippen molar-refractivity contribution in [2.75, 3.05) is 26.7 Å². The first-order valence-corrected chi connectivity index (χ1v) is 6.06. The minimum atomic E-state index is -0.0524. The Bertz CT molecular complexity index is 240. The van der Waals surface area contributed by atoms with Gasteiger partial charge in [-0.2, -0.15) is 0 Å². The molecule has 0 bridgehead atoms.